The molecule has 0 aliphatic carbocycles. The van der Waals surface area contributed by atoms with E-state index in [1.54, 1.807) is 18.2 Å². The number of ether oxygens (including phenoxy) is 2. The highest BCUT2D eigenvalue weighted by Crippen LogP contribution is 2.21. The fourth-order valence-electron chi connectivity index (χ4n) is 2.47. The molecule has 1 aliphatic heterocycles. The summed E-state index contributed by atoms with van der Waals surface area (Å²) in [7, 11) is 0. The average Bonchev–Trinajstić information content (AvgIpc) is 3.01. The van der Waals surface area contributed by atoms with Gasteiger partial charge >= 0.3 is 5.97 Å². The molecule has 0 spiro atoms. The van der Waals surface area contributed by atoms with Gasteiger partial charge < -0.3 is 19.5 Å². The normalized spacial score (nSPS) is 17.3. The summed E-state index contributed by atoms with van der Waals surface area (Å²) >= 11 is 0. The van der Waals surface area contributed by atoms with Crippen LogP contribution >= 0.6 is 0 Å². The number of hydrogen-bond acceptors (Lipinski definition) is 4. The first-order valence-electron chi connectivity index (χ1n) is 7.85. The lowest BCUT2D eigenvalue weighted by Crippen LogP contribution is -2.42. The van der Waals surface area contributed by atoms with E-state index in [0.29, 0.717) is 43.4 Å². The van der Waals surface area contributed by atoms with Crippen molar-refractivity contribution in [1.29, 1.82) is 0 Å². The first-order chi connectivity index (χ1) is 11.0. The van der Waals surface area contributed by atoms with Crippen LogP contribution in [0, 0.1) is 5.92 Å². The summed E-state index contributed by atoms with van der Waals surface area (Å²) in [5.41, 5.74) is 0. The van der Waals surface area contributed by atoms with E-state index < -0.39 is 12.0 Å². The molecular formula is C17H23NO5. The van der Waals surface area contributed by atoms with Gasteiger partial charge in [0.15, 0.2) is 6.61 Å². The average molecular weight is 321 g/mol. The summed E-state index contributed by atoms with van der Waals surface area (Å²) in [5.74, 6) is 0.381. The van der Waals surface area contributed by atoms with E-state index in [-0.39, 0.29) is 12.5 Å². The Bertz CT molecular complexity index is 558. The van der Waals surface area contributed by atoms with Crippen LogP contribution in [0.4, 0.5) is 0 Å². The largest absolute Gasteiger partial charge is 0.493 e. The molecule has 0 aromatic heterocycles. The van der Waals surface area contributed by atoms with E-state index in [0.717, 1.165) is 0 Å². The topological polar surface area (TPSA) is 76.1 Å². The second kappa shape index (κ2) is 7.85. The predicted octanol–water partition coefficient (Wildman–Crippen LogP) is 2.18. The van der Waals surface area contributed by atoms with E-state index in [1.165, 1.54) is 4.90 Å². The molecule has 0 unspecified atom stereocenters. The number of rotatable bonds is 7. The Morgan fingerprint density at radius 2 is 2.00 bits per heavy atom. The zero-order chi connectivity index (χ0) is 16.8. The molecule has 0 bridgehead atoms. The van der Waals surface area contributed by atoms with E-state index in [2.05, 4.69) is 13.8 Å². The van der Waals surface area contributed by atoms with Crippen LogP contribution in [-0.2, 0) is 9.59 Å². The van der Waals surface area contributed by atoms with Gasteiger partial charge in [-0.15, -0.1) is 0 Å². The molecule has 1 aromatic carbocycles. The number of carbonyl (C=O) groups is 2. The molecule has 1 N–H and O–H groups in total. The van der Waals surface area contributed by atoms with Crippen LogP contribution < -0.4 is 9.47 Å². The van der Waals surface area contributed by atoms with Gasteiger partial charge in [0.2, 0.25) is 0 Å². The SMILES string of the molecule is CC(C)COc1cccc(OCC(=O)N2CCC[C@@H]2C(=O)O)c1. The minimum atomic E-state index is -0.958. The lowest BCUT2D eigenvalue weighted by atomic mass is 10.2. The smallest absolute Gasteiger partial charge is 0.326 e. The molecule has 1 aliphatic rings. The zero-order valence-corrected chi connectivity index (χ0v) is 13.5. The van der Waals surface area contributed by atoms with Gasteiger partial charge in [0.05, 0.1) is 6.61 Å². The number of benzene rings is 1. The molecule has 1 aromatic rings. The maximum atomic E-state index is 12.1. The fourth-order valence-corrected chi connectivity index (χ4v) is 2.47. The number of carbonyl (C=O) groups excluding carboxylic acids is 1. The maximum absolute atomic E-state index is 12.1. The monoisotopic (exact) mass is 321 g/mol. The third-order valence-corrected chi connectivity index (χ3v) is 3.61. The molecule has 1 atom stereocenters. The standard InChI is InChI=1S/C17H23NO5/c1-12(2)10-22-13-5-3-6-14(9-13)23-11-16(19)18-8-4-7-15(18)17(20)21/h3,5-6,9,12,15H,4,7-8,10-11H2,1-2H3,(H,20,21)/t15-/m1/s1. The number of hydrogen-bond donors (Lipinski definition) is 1. The molecule has 2 rings (SSSR count). The van der Waals surface area contributed by atoms with Gasteiger partial charge in [-0.2, -0.15) is 0 Å². The molecule has 1 heterocycles. The summed E-state index contributed by atoms with van der Waals surface area (Å²) in [6.45, 7) is 5.03. The number of amides is 1. The van der Waals surface area contributed by atoms with E-state index in [4.69, 9.17) is 14.6 Å². The third-order valence-electron chi connectivity index (χ3n) is 3.61. The number of carboxylic acid groups (broad SMARTS) is 1. The van der Waals surface area contributed by atoms with Crippen molar-refractivity contribution in [2.75, 3.05) is 19.8 Å². The fraction of sp³-hybridized carbons (Fsp3) is 0.529. The van der Waals surface area contributed by atoms with Crippen LogP contribution in [0.15, 0.2) is 24.3 Å². The van der Waals surface area contributed by atoms with Crippen molar-refractivity contribution in [1.82, 2.24) is 4.90 Å². The molecule has 126 valence electrons. The molecule has 0 radical (unpaired) electrons. The Labute approximate surface area is 136 Å². The minimum Gasteiger partial charge on any atom is -0.493 e. The minimum absolute atomic E-state index is 0.169. The predicted molar refractivity (Wildman–Crippen MR) is 84.6 cm³/mol. The molecule has 6 heteroatoms. The van der Waals surface area contributed by atoms with Gasteiger partial charge in [-0.3, -0.25) is 4.79 Å². The highest BCUT2D eigenvalue weighted by atomic mass is 16.5. The van der Waals surface area contributed by atoms with Crippen LogP contribution in [0.25, 0.3) is 0 Å². The Hall–Kier alpha value is -2.24. The third kappa shape index (κ3) is 4.87. The molecular weight excluding hydrogens is 298 g/mol. The first kappa shape index (κ1) is 17.1. The van der Waals surface area contributed by atoms with Crippen LogP contribution in [0.3, 0.4) is 0 Å². The van der Waals surface area contributed by atoms with Crippen LogP contribution in [0.1, 0.15) is 26.7 Å². The molecule has 23 heavy (non-hydrogen) atoms. The molecule has 1 saturated heterocycles. The molecule has 6 nitrogen and oxygen atoms in total. The number of aliphatic carboxylic acids is 1. The maximum Gasteiger partial charge on any atom is 0.326 e. The summed E-state index contributed by atoms with van der Waals surface area (Å²) < 4.78 is 11.1. The molecule has 0 saturated carbocycles. The Kier molecular flexibility index (Phi) is 5.84. The van der Waals surface area contributed by atoms with E-state index in [1.807, 2.05) is 6.07 Å². The van der Waals surface area contributed by atoms with Gasteiger partial charge in [-0.25, -0.2) is 4.79 Å². The Balaban J connectivity index is 1.89. The van der Waals surface area contributed by atoms with E-state index in [9.17, 15) is 9.59 Å². The number of nitrogens with zero attached hydrogens (tertiary/aromatic N) is 1. The quantitative estimate of drug-likeness (QED) is 0.833. The van der Waals surface area contributed by atoms with Crippen molar-refractivity contribution in [2.24, 2.45) is 5.92 Å². The van der Waals surface area contributed by atoms with Crippen molar-refractivity contribution >= 4 is 11.9 Å². The van der Waals surface area contributed by atoms with Crippen molar-refractivity contribution in [3.05, 3.63) is 24.3 Å². The van der Waals surface area contributed by atoms with Gasteiger partial charge in [0.1, 0.15) is 17.5 Å². The van der Waals surface area contributed by atoms with Crippen LogP contribution in [0.5, 0.6) is 11.5 Å². The van der Waals surface area contributed by atoms with Crippen LogP contribution in [-0.4, -0.2) is 47.7 Å². The lowest BCUT2D eigenvalue weighted by molar-refractivity contribution is -0.148. The van der Waals surface area contributed by atoms with Gasteiger partial charge in [-0.1, -0.05) is 19.9 Å². The second-order valence-corrected chi connectivity index (χ2v) is 6.05. The highest BCUT2D eigenvalue weighted by molar-refractivity contribution is 5.85. The van der Waals surface area contributed by atoms with Crippen LogP contribution in [0.2, 0.25) is 0 Å². The van der Waals surface area contributed by atoms with Gasteiger partial charge in [-0.05, 0) is 30.9 Å². The molecule has 1 amide bonds. The Morgan fingerprint density at radius 3 is 2.65 bits per heavy atom. The van der Waals surface area contributed by atoms with E-state index >= 15 is 0 Å². The lowest BCUT2D eigenvalue weighted by Gasteiger charge is -2.21. The summed E-state index contributed by atoms with van der Waals surface area (Å²) in [5, 5.41) is 9.11. The Morgan fingerprint density at radius 1 is 1.30 bits per heavy atom. The number of carboxylic acids is 1. The zero-order valence-electron chi connectivity index (χ0n) is 13.5. The van der Waals surface area contributed by atoms with Crippen molar-refractivity contribution in [3.8, 4) is 11.5 Å². The van der Waals surface area contributed by atoms with Gasteiger partial charge in [0, 0.05) is 12.6 Å². The highest BCUT2D eigenvalue weighted by Gasteiger charge is 2.33. The van der Waals surface area contributed by atoms with Gasteiger partial charge in [0.25, 0.3) is 5.91 Å². The second-order valence-electron chi connectivity index (χ2n) is 6.05. The summed E-state index contributed by atoms with van der Waals surface area (Å²) in [6.07, 6.45) is 1.21. The van der Waals surface area contributed by atoms with Crippen molar-refractivity contribution in [3.63, 3.8) is 0 Å². The molecule has 1 fully saturated rings. The first-order valence-corrected chi connectivity index (χ1v) is 7.85. The number of likely N-dealkylation sites (tertiary alicyclic amines) is 1. The summed E-state index contributed by atoms with van der Waals surface area (Å²) in [6, 6.07) is 6.37. The van der Waals surface area contributed by atoms with Crippen molar-refractivity contribution in [2.45, 2.75) is 32.7 Å². The summed E-state index contributed by atoms with van der Waals surface area (Å²) in [4.78, 5) is 24.6. The van der Waals surface area contributed by atoms with Crippen molar-refractivity contribution < 1.29 is 24.2 Å².